The summed E-state index contributed by atoms with van der Waals surface area (Å²) in [7, 11) is 0. The molecule has 0 saturated carbocycles. The summed E-state index contributed by atoms with van der Waals surface area (Å²) in [5.74, 6) is 0.216. The molecule has 4 nitrogen and oxygen atoms in total. The first-order chi connectivity index (χ1) is 8.74. The largest absolute Gasteiger partial charge is 0.336 e. The van der Waals surface area contributed by atoms with Crippen molar-refractivity contribution in [1.29, 1.82) is 0 Å². The quantitative estimate of drug-likeness (QED) is 0.849. The minimum atomic E-state index is 0.216. The van der Waals surface area contributed by atoms with Crippen molar-refractivity contribution in [2.75, 3.05) is 0 Å². The molecule has 1 aromatic heterocycles. The zero-order chi connectivity index (χ0) is 12.5. The van der Waals surface area contributed by atoms with Gasteiger partial charge >= 0.3 is 0 Å². The number of piperidine rings is 1. The van der Waals surface area contributed by atoms with Crippen LogP contribution in [0.5, 0.6) is 0 Å². The molecule has 1 amide bonds. The maximum absolute atomic E-state index is 12.4. The Kier molecular flexibility index (Phi) is 3.04. The lowest BCUT2D eigenvalue weighted by Gasteiger charge is -2.37. The SMILES string of the molecule is NC1CC2CCC(C1)N2C(=O)Cc1ccccn1. The lowest BCUT2D eigenvalue weighted by molar-refractivity contribution is -0.135. The summed E-state index contributed by atoms with van der Waals surface area (Å²) in [6, 6.07) is 6.73. The molecule has 96 valence electrons. The molecular weight excluding hydrogens is 226 g/mol. The van der Waals surface area contributed by atoms with Crippen molar-refractivity contribution in [3.05, 3.63) is 30.1 Å². The van der Waals surface area contributed by atoms with E-state index in [0.29, 0.717) is 18.5 Å². The smallest absolute Gasteiger partial charge is 0.229 e. The van der Waals surface area contributed by atoms with Gasteiger partial charge in [-0.1, -0.05) is 6.07 Å². The molecule has 0 aliphatic carbocycles. The highest BCUT2D eigenvalue weighted by Crippen LogP contribution is 2.35. The summed E-state index contributed by atoms with van der Waals surface area (Å²) in [5.41, 5.74) is 6.88. The first-order valence-electron chi connectivity index (χ1n) is 6.70. The number of rotatable bonds is 2. The van der Waals surface area contributed by atoms with E-state index in [9.17, 15) is 4.79 Å². The van der Waals surface area contributed by atoms with Gasteiger partial charge in [0.15, 0.2) is 0 Å². The Balaban J connectivity index is 1.70. The van der Waals surface area contributed by atoms with Crippen molar-refractivity contribution in [2.45, 2.75) is 50.2 Å². The molecule has 4 heteroatoms. The summed E-state index contributed by atoms with van der Waals surface area (Å²) in [5, 5.41) is 0. The number of amides is 1. The highest BCUT2D eigenvalue weighted by atomic mass is 16.2. The van der Waals surface area contributed by atoms with Gasteiger partial charge in [-0.15, -0.1) is 0 Å². The van der Waals surface area contributed by atoms with Crippen molar-refractivity contribution >= 4 is 5.91 Å². The second kappa shape index (κ2) is 4.69. The van der Waals surface area contributed by atoms with Gasteiger partial charge in [-0.25, -0.2) is 0 Å². The van der Waals surface area contributed by atoms with Crippen LogP contribution in [0.15, 0.2) is 24.4 Å². The summed E-state index contributed by atoms with van der Waals surface area (Å²) >= 11 is 0. The topological polar surface area (TPSA) is 59.2 Å². The van der Waals surface area contributed by atoms with E-state index in [-0.39, 0.29) is 11.9 Å². The molecule has 2 unspecified atom stereocenters. The van der Waals surface area contributed by atoms with E-state index in [1.54, 1.807) is 6.20 Å². The van der Waals surface area contributed by atoms with Crippen molar-refractivity contribution in [2.24, 2.45) is 5.73 Å². The number of nitrogens with two attached hydrogens (primary N) is 1. The molecule has 2 atom stereocenters. The van der Waals surface area contributed by atoms with Gasteiger partial charge in [-0.3, -0.25) is 9.78 Å². The zero-order valence-corrected chi connectivity index (χ0v) is 10.5. The second-order valence-corrected chi connectivity index (χ2v) is 5.42. The third-order valence-corrected chi connectivity index (χ3v) is 4.12. The zero-order valence-electron chi connectivity index (χ0n) is 10.5. The predicted molar refractivity (Wildman–Crippen MR) is 68.8 cm³/mol. The molecule has 1 aromatic rings. The van der Waals surface area contributed by atoms with Gasteiger partial charge in [-0.2, -0.15) is 0 Å². The highest BCUT2D eigenvalue weighted by molar-refractivity contribution is 5.79. The summed E-state index contributed by atoms with van der Waals surface area (Å²) in [6.07, 6.45) is 6.32. The van der Waals surface area contributed by atoms with Gasteiger partial charge in [0.2, 0.25) is 5.91 Å². The van der Waals surface area contributed by atoms with Crippen LogP contribution in [0.2, 0.25) is 0 Å². The molecule has 2 saturated heterocycles. The molecule has 18 heavy (non-hydrogen) atoms. The number of carbonyl (C=O) groups is 1. The lowest BCUT2D eigenvalue weighted by Crippen LogP contribution is -2.50. The van der Waals surface area contributed by atoms with E-state index in [1.807, 2.05) is 18.2 Å². The van der Waals surface area contributed by atoms with Gasteiger partial charge in [0, 0.05) is 30.0 Å². The number of fused-ring (bicyclic) bond motifs is 2. The van der Waals surface area contributed by atoms with Crippen LogP contribution in [0.3, 0.4) is 0 Å². The second-order valence-electron chi connectivity index (χ2n) is 5.42. The van der Waals surface area contributed by atoms with E-state index >= 15 is 0 Å². The first-order valence-corrected chi connectivity index (χ1v) is 6.70. The number of hydrogen-bond acceptors (Lipinski definition) is 3. The number of pyridine rings is 1. The Hall–Kier alpha value is -1.42. The van der Waals surface area contributed by atoms with Crippen molar-refractivity contribution in [3.63, 3.8) is 0 Å². The third-order valence-electron chi connectivity index (χ3n) is 4.12. The molecule has 3 heterocycles. The Bertz CT molecular complexity index is 420. The molecule has 0 radical (unpaired) electrons. The van der Waals surface area contributed by atoms with Crippen LogP contribution in [0.25, 0.3) is 0 Å². The van der Waals surface area contributed by atoms with E-state index in [2.05, 4.69) is 9.88 Å². The number of nitrogens with zero attached hydrogens (tertiary/aromatic N) is 2. The molecular formula is C14H19N3O. The average Bonchev–Trinajstić information content (AvgIpc) is 2.63. The van der Waals surface area contributed by atoms with Crippen LogP contribution in [0, 0.1) is 0 Å². The van der Waals surface area contributed by atoms with E-state index in [0.717, 1.165) is 31.4 Å². The van der Waals surface area contributed by atoms with Gasteiger partial charge < -0.3 is 10.6 Å². The van der Waals surface area contributed by atoms with Crippen LogP contribution >= 0.6 is 0 Å². The van der Waals surface area contributed by atoms with E-state index < -0.39 is 0 Å². The average molecular weight is 245 g/mol. The Morgan fingerprint density at radius 1 is 1.33 bits per heavy atom. The molecule has 2 aliphatic rings. The number of aromatic nitrogens is 1. The van der Waals surface area contributed by atoms with Crippen LogP contribution < -0.4 is 5.73 Å². The third kappa shape index (κ3) is 2.12. The van der Waals surface area contributed by atoms with E-state index in [4.69, 9.17) is 5.73 Å². The van der Waals surface area contributed by atoms with Gasteiger partial charge in [0.25, 0.3) is 0 Å². The minimum absolute atomic E-state index is 0.216. The molecule has 2 N–H and O–H groups in total. The normalized spacial score (nSPS) is 30.5. The van der Waals surface area contributed by atoms with E-state index in [1.165, 1.54) is 0 Å². The van der Waals surface area contributed by atoms with Crippen LogP contribution in [-0.2, 0) is 11.2 Å². The summed E-state index contributed by atoms with van der Waals surface area (Å²) in [6.45, 7) is 0. The predicted octanol–water partition coefficient (Wildman–Crippen LogP) is 1.10. The molecule has 2 aliphatic heterocycles. The molecule has 2 fully saturated rings. The Morgan fingerprint density at radius 3 is 2.67 bits per heavy atom. The maximum Gasteiger partial charge on any atom is 0.229 e. The van der Waals surface area contributed by atoms with Crippen molar-refractivity contribution in [3.8, 4) is 0 Å². The molecule has 0 aromatic carbocycles. The highest BCUT2D eigenvalue weighted by Gasteiger charge is 2.41. The lowest BCUT2D eigenvalue weighted by atomic mass is 9.97. The van der Waals surface area contributed by atoms with Gasteiger partial charge in [-0.05, 0) is 37.8 Å². The van der Waals surface area contributed by atoms with Gasteiger partial charge in [0.05, 0.1) is 6.42 Å². The van der Waals surface area contributed by atoms with Crippen LogP contribution in [0.4, 0.5) is 0 Å². The Morgan fingerprint density at radius 2 is 2.06 bits per heavy atom. The molecule has 3 rings (SSSR count). The Labute approximate surface area is 107 Å². The number of carbonyl (C=O) groups excluding carboxylic acids is 1. The summed E-state index contributed by atoms with van der Waals surface area (Å²) < 4.78 is 0. The fraction of sp³-hybridized carbons (Fsp3) is 0.571. The van der Waals surface area contributed by atoms with Crippen LogP contribution in [0.1, 0.15) is 31.4 Å². The van der Waals surface area contributed by atoms with Crippen molar-refractivity contribution in [1.82, 2.24) is 9.88 Å². The van der Waals surface area contributed by atoms with Gasteiger partial charge in [0.1, 0.15) is 0 Å². The minimum Gasteiger partial charge on any atom is -0.336 e. The van der Waals surface area contributed by atoms with Crippen molar-refractivity contribution < 1.29 is 4.79 Å². The molecule has 2 bridgehead atoms. The maximum atomic E-state index is 12.4. The van der Waals surface area contributed by atoms with Crippen LogP contribution in [-0.4, -0.2) is 33.9 Å². The number of hydrogen-bond donors (Lipinski definition) is 1. The summed E-state index contributed by atoms with van der Waals surface area (Å²) in [4.78, 5) is 18.7. The fourth-order valence-corrected chi connectivity index (χ4v) is 3.38. The standard InChI is InChI=1S/C14H19N3O/c15-10-7-12-4-5-13(8-10)17(12)14(18)9-11-3-1-2-6-16-11/h1-3,6,10,12-13H,4-5,7-9,15H2. The monoisotopic (exact) mass is 245 g/mol. The molecule has 0 spiro atoms. The fourth-order valence-electron chi connectivity index (χ4n) is 3.38. The first kappa shape index (κ1) is 11.7.